The van der Waals surface area contributed by atoms with Crippen molar-refractivity contribution in [1.82, 2.24) is 0 Å². The molecule has 5 heteroatoms. The van der Waals surface area contributed by atoms with Gasteiger partial charge >= 0.3 is 0 Å². The van der Waals surface area contributed by atoms with Crippen LogP contribution in [0, 0.1) is 0 Å². The minimum atomic E-state index is -0.138. The van der Waals surface area contributed by atoms with Crippen LogP contribution in [0.5, 0.6) is 11.5 Å². The Balaban J connectivity index is 1.94. The van der Waals surface area contributed by atoms with Crippen molar-refractivity contribution in [3.8, 4) is 11.5 Å². The van der Waals surface area contributed by atoms with Crippen molar-refractivity contribution < 1.29 is 9.47 Å². The molecular weight excluding hydrogens is 354 g/mol. The Bertz CT molecular complexity index is 677. The molecule has 2 aromatic rings. The maximum Gasteiger partial charge on any atom is 0.127 e. The summed E-state index contributed by atoms with van der Waals surface area (Å²) in [6.45, 7) is 0. The van der Waals surface area contributed by atoms with E-state index in [-0.39, 0.29) is 12.1 Å². The fourth-order valence-corrected chi connectivity index (χ4v) is 3.36. The van der Waals surface area contributed by atoms with E-state index < -0.39 is 0 Å². The van der Waals surface area contributed by atoms with Crippen LogP contribution in [-0.2, 0) is 0 Å². The second kappa shape index (κ2) is 5.87. The minimum Gasteiger partial charge on any atom is -0.497 e. The summed E-state index contributed by atoms with van der Waals surface area (Å²) in [4.78, 5) is 0. The van der Waals surface area contributed by atoms with Crippen molar-refractivity contribution >= 4 is 27.5 Å². The van der Waals surface area contributed by atoms with Crippen LogP contribution in [0.1, 0.15) is 29.7 Å². The summed E-state index contributed by atoms with van der Waals surface area (Å²) >= 11 is 9.72. The summed E-state index contributed by atoms with van der Waals surface area (Å²) in [5.74, 6) is 1.58. The molecule has 0 fully saturated rings. The molecule has 0 spiro atoms. The molecule has 0 aliphatic carbocycles. The Labute approximate surface area is 137 Å². The summed E-state index contributed by atoms with van der Waals surface area (Å²) in [5, 5.41) is 0.679. The molecule has 0 aromatic heterocycles. The maximum absolute atomic E-state index is 6.31. The fourth-order valence-electron chi connectivity index (χ4n) is 2.56. The average molecular weight is 369 g/mol. The first kappa shape index (κ1) is 14.7. The number of ether oxygens (including phenoxy) is 2. The van der Waals surface area contributed by atoms with Crippen molar-refractivity contribution in [3.63, 3.8) is 0 Å². The highest BCUT2D eigenvalue weighted by Crippen LogP contribution is 2.42. The van der Waals surface area contributed by atoms with E-state index in [1.807, 2.05) is 36.4 Å². The standard InChI is InChI=1S/C16H15BrClNO2/c1-20-10-3-5-15-12(7-10)14(19)8-16(21-15)11-4-2-9(17)6-13(11)18/h2-7,14,16H,8,19H2,1H3/t14-,16?/m0/s1. The first-order valence-corrected chi connectivity index (χ1v) is 7.80. The van der Waals surface area contributed by atoms with Crippen molar-refractivity contribution in [2.75, 3.05) is 7.11 Å². The highest BCUT2D eigenvalue weighted by molar-refractivity contribution is 9.10. The van der Waals surface area contributed by atoms with Crippen LogP contribution in [-0.4, -0.2) is 7.11 Å². The number of hydrogen-bond acceptors (Lipinski definition) is 3. The summed E-state index contributed by atoms with van der Waals surface area (Å²) in [6.07, 6.45) is 0.545. The van der Waals surface area contributed by atoms with Crippen LogP contribution in [0.3, 0.4) is 0 Å². The van der Waals surface area contributed by atoms with Gasteiger partial charge < -0.3 is 15.2 Å². The normalized spacial score (nSPS) is 20.6. The van der Waals surface area contributed by atoms with Crippen LogP contribution < -0.4 is 15.2 Å². The fraction of sp³-hybridized carbons (Fsp3) is 0.250. The lowest BCUT2D eigenvalue weighted by Crippen LogP contribution is -2.24. The van der Waals surface area contributed by atoms with Gasteiger partial charge in [-0.1, -0.05) is 33.6 Å². The zero-order chi connectivity index (χ0) is 15.0. The second-order valence-corrected chi connectivity index (χ2v) is 6.34. The summed E-state index contributed by atoms with van der Waals surface area (Å²) in [7, 11) is 1.64. The Kier molecular flexibility index (Phi) is 4.11. The molecule has 21 heavy (non-hydrogen) atoms. The van der Waals surface area contributed by atoms with Gasteiger partial charge in [0.1, 0.15) is 17.6 Å². The van der Waals surface area contributed by atoms with Crippen LogP contribution >= 0.6 is 27.5 Å². The topological polar surface area (TPSA) is 44.5 Å². The first-order chi connectivity index (χ1) is 10.1. The van der Waals surface area contributed by atoms with E-state index >= 15 is 0 Å². The third kappa shape index (κ3) is 2.89. The van der Waals surface area contributed by atoms with E-state index in [1.54, 1.807) is 7.11 Å². The second-order valence-electron chi connectivity index (χ2n) is 5.02. The van der Waals surface area contributed by atoms with Gasteiger partial charge in [0.25, 0.3) is 0 Å². The zero-order valence-electron chi connectivity index (χ0n) is 11.5. The Hall–Kier alpha value is -1.23. The molecule has 1 aliphatic rings. The number of methoxy groups -OCH3 is 1. The molecule has 0 bridgehead atoms. The van der Waals surface area contributed by atoms with E-state index in [9.17, 15) is 0 Å². The highest BCUT2D eigenvalue weighted by Gasteiger charge is 2.28. The van der Waals surface area contributed by atoms with Crippen molar-refractivity contribution in [2.24, 2.45) is 5.73 Å². The van der Waals surface area contributed by atoms with E-state index in [4.69, 9.17) is 26.8 Å². The number of benzene rings is 2. The number of halogens is 2. The van der Waals surface area contributed by atoms with E-state index in [1.165, 1.54) is 0 Å². The molecule has 110 valence electrons. The molecule has 1 heterocycles. The third-order valence-corrected chi connectivity index (χ3v) is 4.48. The van der Waals surface area contributed by atoms with Crippen LogP contribution in [0.15, 0.2) is 40.9 Å². The Morgan fingerprint density at radius 3 is 2.76 bits per heavy atom. The number of nitrogens with two attached hydrogens (primary N) is 1. The largest absolute Gasteiger partial charge is 0.497 e. The Morgan fingerprint density at radius 1 is 1.24 bits per heavy atom. The minimum absolute atomic E-state index is 0.103. The molecule has 3 nitrogen and oxygen atoms in total. The van der Waals surface area contributed by atoms with Crippen LogP contribution in [0.4, 0.5) is 0 Å². The molecular formula is C16H15BrClNO2. The molecule has 1 unspecified atom stereocenters. The zero-order valence-corrected chi connectivity index (χ0v) is 13.8. The SMILES string of the molecule is COc1ccc2c(c1)[C@@H](N)CC(c1ccc(Br)cc1Cl)O2. The lowest BCUT2D eigenvalue weighted by molar-refractivity contribution is 0.161. The molecule has 0 radical (unpaired) electrons. The van der Waals surface area contributed by atoms with Gasteiger partial charge in [-0.05, 0) is 30.3 Å². The summed E-state index contributed by atoms with van der Waals surface area (Å²) in [6, 6.07) is 11.4. The third-order valence-electron chi connectivity index (χ3n) is 3.66. The number of rotatable bonds is 2. The summed E-state index contributed by atoms with van der Waals surface area (Å²) < 4.78 is 12.3. The van der Waals surface area contributed by atoms with Gasteiger partial charge in [-0.15, -0.1) is 0 Å². The van der Waals surface area contributed by atoms with Gasteiger partial charge in [-0.2, -0.15) is 0 Å². The number of hydrogen-bond donors (Lipinski definition) is 1. The molecule has 1 aliphatic heterocycles. The van der Waals surface area contributed by atoms with Crippen LogP contribution in [0.2, 0.25) is 5.02 Å². The summed E-state index contributed by atoms with van der Waals surface area (Å²) in [5.41, 5.74) is 8.22. The maximum atomic E-state index is 6.31. The predicted octanol–water partition coefficient (Wildman–Crippen LogP) is 4.63. The molecule has 2 aromatic carbocycles. The van der Waals surface area contributed by atoms with Crippen LogP contribution in [0.25, 0.3) is 0 Å². The average Bonchev–Trinajstić information content (AvgIpc) is 2.47. The molecule has 3 rings (SSSR count). The molecule has 0 saturated carbocycles. The van der Waals surface area contributed by atoms with E-state index in [0.29, 0.717) is 11.4 Å². The van der Waals surface area contributed by atoms with E-state index in [0.717, 1.165) is 27.1 Å². The smallest absolute Gasteiger partial charge is 0.127 e. The van der Waals surface area contributed by atoms with E-state index in [2.05, 4.69) is 15.9 Å². The van der Waals surface area contributed by atoms with Gasteiger partial charge in [-0.3, -0.25) is 0 Å². The van der Waals surface area contributed by atoms with Gasteiger partial charge in [0.05, 0.1) is 7.11 Å². The van der Waals surface area contributed by atoms with Crippen molar-refractivity contribution in [3.05, 3.63) is 57.0 Å². The predicted molar refractivity (Wildman–Crippen MR) is 87.1 cm³/mol. The number of fused-ring (bicyclic) bond motifs is 1. The van der Waals surface area contributed by atoms with Gasteiger partial charge in [0.15, 0.2) is 0 Å². The van der Waals surface area contributed by atoms with Gasteiger partial charge in [0, 0.05) is 33.1 Å². The van der Waals surface area contributed by atoms with Gasteiger partial charge in [0.2, 0.25) is 0 Å². The van der Waals surface area contributed by atoms with Gasteiger partial charge in [-0.25, -0.2) is 0 Å². The Morgan fingerprint density at radius 2 is 2.05 bits per heavy atom. The molecule has 0 amide bonds. The highest BCUT2D eigenvalue weighted by atomic mass is 79.9. The van der Waals surface area contributed by atoms with Crippen molar-refractivity contribution in [1.29, 1.82) is 0 Å². The monoisotopic (exact) mass is 367 g/mol. The lowest BCUT2D eigenvalue weighted by Gasteiger charge is -2.31. The molecule has 0 saturated heterocycles. The quantitative estimate of drug-likeness (QED) is 0.840. The molecule has 2 atom stereocenters. The van der Waals surface area contributed by atoms with Crippen molar-refractivity contribution in [2.45, 2.75) is 18.6 Å². The molecule has 2 N–H and O–H groups in total. The lowest BCUT2D eigenvalue weighted by atomic mass is 9.93. The first-order valence-electron chi connectivity index (χ1n) is 6.63.